The van der Waals surface area contributed by atoms with Crippen molar-refractivity contribution in [3.63, 3.8) is 0 Å². The Hall–Kier alpha value is -2.53. The van der Waals surface area contributed by atoms with E-state index in [1.807, 2.05) is 55.5 Å². The molecule has 0 aromatic heterocycles. The summed E-state index contributed by atoms with van der Waals surface area (Å²) in [5.41, 5.74) is 0.862. The SMILES string of the molecule is CCOc1ccc(CC(=O)NC[C@@](C)(O)Cc2ccc(OC)cc2)cc1. The molecule has 0 saturated carbocycles. The van der Waals surface area contributed by atoms with Gasteiger partial charge in [-0.3, -0.25) is 4.79 Å². The van der Waals surface area contributed by atoms with Gasteiger partial charge in [0.05, 0.1) is 25.7 Å². The maximum Gasteiger partial charge on any atom is 0.224 e. The monoisotopic (exact) mass is 357 g/mol. The number of ether oxygens (including phenoxy) is 2. The zero-order valence-corrected chi connectivity index (χ0v) is 15.6. The standard InChI is InChI=1S/C21H27NO4/c1-4-26-19-11-5-16(6-12-19)13-20(23)22-15-21(2,24)14-17-7-9-18(25-3)10-8-17/h5-12,24H,4,13-15H2,1-3H3,(H,22,23)/t21-/m0/s1. The molecule has 2 rings (SSSR count). The number of carbonyl (C=O) groups excluding carboxylic acids is 1. The number of hydrogen-bond acceptors (Lipinski definition) is 4. The first-order chi connectivity index (χ1) is 12.4. The first-order valence-corrected chi connectivity index (χ1v) is 8.75. The Morgan fingerprint density at radius 1 is 1.04 bits per heavy atom. The van der Waals surface area contributed by atoms with Crippen LogP contribution < -0.4 is 14.8 Å². The summed E-state index contributed by atoms with van der Waals surface area (Å²) in [6.07, 6.45) is 0.714. The molecule has 0 bridgehead atoms. The van der Waals surface area contributed by atoms with Crippen LogP contribution in [0.25, 0.3) is 0 Å². The number of methoxy groups -OCH3 is 1. The predicted octanol–water partition coefficient (Wildman–Crippen LogP) is 2.75. The van der Waals surface area contributed by atoms with Gasteiger partial charge in [-0.15, -0.1) is 0 Å². The van der Waals surface area contributed by atoms with Crippen LogP contribution in [0, 0.1) is 0 Å². The van der Waals surface area contributed by atoms with Gasteiger partial charge in [-0.05, 0) is 49.2 Å². The minimum Gasteiger partial charge on any atom is -0.497 e. The lowest BCUT2D eigenvalue weighted by Crippen LogP contribution is -2.42. The third-order valence-electron chi connectivity index (χ3n) is 4.01. The molecule has 0 aliphatic carbocycles. The van der Waals surface area contributed by atoms with E-state index in [2.05, 4.69) is 5.32 Å². The Bertz CT molecular complexity index is 693. The number of amides is 1. The third kappa shape index (κ3) is 6.41. The molecule has 0 fully saturated rings. The van der Waals surface area contributed by atoms with E-state index in [-0.39, 0.29) is 18.9 Å². The lowest BCUT2D eigenvalue weighted by atomic mass is 9.96. The van der Waals surface area contributed by atoms with E-state index >= 15 is 0 Å². The quantitative estimate of drug-likeness (QED) is 0.724. The molecule has 0 radical (unpaired) electrons. The molecular formula is C21H27NO4. The number of rotatable bonds is 9. The molecule has 0 saturated heterocycles. The Morgan fingerprint density at radius 2 is 1.62 bits per heavy atom. The van der Waals surface area contributed by atoms with Crippen molar-refractivity contribution in [1.29, 1.82) is 0 Å². The fraction of sp³-hybridized carbons (Fsp3) is 0.381. The summed E-state index contributed by atoms with van der Waals surface area (Å²) in [5.74, 6) is 1.44. The van der Waals surface area contributed by atoms with Crippen molar-refractivity contribution in [3.8, 4) is 11.5 Å². The van der Waals surface area contributed by atoms with Gasteiger partial charge in [0.2, 0.25) is 5.91 Å². The molecule has 5 nitrogen and oxygen atoms in total. The summed E-state index contributed by atoms with van der Waals surface area (Å²) < 4.78 is 10.5. The number of hydrogen-bond donors (Lipinski definition) is 2. The highest BCUT2D eigenvalue weighted by Gasteiger charge is 2.22. The summed E-state index contributed by atoms with van der Waals surface area (Å²) in [6.45, 7) is 4.45. The highest BCUT2D eigenvalue weighted by molar-refractivity contribution is 5.78. The van der Waals surface area contributed by atoms with Crippen LogP contribution in [-0.4, -0.2) is 36.9 Å². The number of aliphatic hydroxyl groups is 1. The van der Waals surface area contributed by atoms with E-state index < -0.39 is 5.60 Å². The first-order valence-electron chi connectivity index (χ1n) is 8.75. The smallest absolute Gasteiger partial charge is 0.224 e. The molecule has 0 aliphatic rings. The van der Waals surface area contributed by atoms with E-state index in [1.54, 1.807) is 14.0 Å². The van der Waals surface area contributed by atoms with Gasteiger partial charge < -0.3 is 19.9 Å². The highest BCUT2D eigenvalue weighted by Crippen LogP contribution is 2.17. The second-order valence-corrected chi connectivity index (χ2v) is 6.55. The van der Waals surface area contributed by atoms with Gasteiger partial charge in [0.25, 0.3) is 0 Å². The van der Waals surface area contributed by atoms with Crippen LogP contribution in [0.5, 0.6) is 11.5 Å². The largest absolute Gasteiger partial charge is 0.497 e. The fourth-order valence-corrected chi connectivity index (χ4v) is 2.65. The minimum atomic E-state index is -1.02. The average molecular weight is 357 g/mol. The summed E-state index contributed by atoms with van der Waals surface area (Å²) in [5, 5.41) is 13.4. The maximum atomic E-state index is 12.1. The van der Waals surface area contributed by atoms with Crippen molar-refractivity contribution in [2.45, 2.75) is 32.3 Å². The van der Waals surface area contributed by atoms with Crippen molar-refractivity contribution in [3.05, 3.63) is 59.7 Å². The van der Waals surface area contributed by atoms with E-state index in [0.717, 1.165) is 22.6 Å². The third-order valence-corrected chi connectivity index (χ3v) is 4.01. The van der Waals surface area contributed by atoms with Crippen LogP contribution in [0.1, 0.15) is 25.0 Å². The Labute approximate surface area is 155 Å². The van der Waals surface area contributed by atoms with Gasteiger partial charge >= 0.3 is 0 Å². The van der Waals surface area contributed by atoms with Crippen LogP contribution in [0.3, 0.4) is 0 Å². The highest BCUT2D eigenvalue weighted by atomic mass is 16.5. The molecule has 0 aliphatic heterocycles. The number of carbonyl (C=O) groups is 1. The fourth-order valence-electron chi connectivity index (χ4n) is 2.65. The van der Waals surface area contributed by atoms with E-state index in [4.69, 9.17) is 9.47 Å². The second-order valence-electron chi connectivity index (χ2n) is 6.55. The van der Waals surface area contributed by atoms with Crippen LogP contribution >= 0.6 is 0 Å². The molecule has 1 amide bonds. The molecule has 2 N–H and O–H groups in total. The molecule has 2 aromatic rings. The molecule has 0 heterocycles. The van der Waals surface area contributed by atoms with Gasteiger partial charge in [-0.1, -0.05) is 24.3 Å². The molecular weight excluding hydrogens is 330 g/mol. The zero-order chi connectivity index (χ0) is 19.0. The number of nitrogens with one attached hydrogen (secondary N) is 1. The number of benzene rings is 2. The molecule has 2 aromatic carbocycles. The van der Waals surface area contributed by atoms with Gasteiger partial charge in [-0.25, -0.2) is 0 Å². The zero-order valence-electron chi connectivity index (χ0n) is 15.6. The molecule has 140 valence electrons. The molecule has 0 unspecified atom stereocenters. The topological polar surface area (TPSA) is 67.8 Å². The summed E-state index contributed by atoms with van der Waals surface area (Å²) in [6, 6.07) is 15.0. The summed E-state index contributed by atoms with van der Waals surface area (Å²) in [4.78, 5) is 12.1. The predicted molar refractivity (Wildman–Crippen MR) is 102 cm³/mol. The van der Waals surface area contributed by atoms with Crippen LogP contribution in [-0.2, 0) is 17.6 Å². The van der Waals surface area contributed by atoms with E-state index in [9.17, 15) is 9.90 Å². The normalized spacial score (nSPS) is 12.9. The summed E-state index contributed by atoms with van der Waals surface area (Å²) >= 11 is 0. The molecule has 0 spiro atoms. The van der Waals surface area contributed by atoms with Crippen molar-refractivity contribution in [1.82, 2.24) is 5.32 Å². The Balaban J connectivity index is 1.82. The van der Waals surface area contributed by atoms with Crippen LogP contribution in [0.4, 0.5) is 0 Å². The summed E-state index contributed by atoms with van der Waals surface area (Å²) in [7, 11) is 1.62. The van der Waals surface area contributed by atoms with E-state index in [0.29, 0.717) is 13.0 Å². The minimum absolute atomic E-state index is 0.121. The van der Waals surface area contributed by atoms with Gasteiger partial charge in [-0.2, -0.15) is 0 Å². The molecule has 26 heavy (non-hydrogen) atoms. The Morgan fingerprint density at radius 3 is 2.19 bits per heavy atom. The maximum absolute atomic E-state index is 12.1. The lowest BCUT2D eigenvalue weighted by Gasteiger charge is -2.24. The van der Waals surface area contributed by atoms with Crippen molar-refractivity contribution in [2.24, 2.45) is 0 Å². The van der Waals surface area contributed by atoms with Crippen LogP contribution in [0.2, 0.25) is 0 Å². The van der Waals surface area contributed by atoms with E-state index in [1.165, 1.54) is 0 Å². The average Bonchev–Trinajstić information content (AvgIpc) is 2.62. The molecule has 5 heteroatoms. The lowest BCUT2D eigenvalue weighted by molar-refractivity contribution is -0.121. The Kier molecular flexibility index (Phi) is 7.04. The molecule has 1 atom stereocenters. The van der Waals surface area contributed by atoms with Crippen molar-refractivity contribution >= 4 is 5.91 Å². The van der Waals surface area contributed by atoms with Gasteiger partial charge in [0.15, 0.2) is 0 Å². The van der Waals surface area contributed by atoms with Crippen molar-refractivity contribution in [2.75, 3.05) is 20.3 Å². The first kappa shape index (κ1) is 19.8. The van der Waals surface area contributed by atoms with Gasteiger partial charge in [0.1, 0.15) is 11.5 Å². The van der Waals surface area contributed by atoms with Gasteiger partial charge in [0, 0.05) is 13.0 Å². The van der Waals surface area contributed by atoms with Crippen LogP contribution in [0.15, 0.2) is 48.5 Å². The second kappa shape index (κ2) is 9.25. The van der Waals surface area contributed by atoms with Crippen molar-refractivity contribution < 1.29 is 19.4 Å².